The van der Waals surface area contributed by atoms with Gasteiger partial charge in [-0.1, -0.05) is 0 Å². The quantitative estimate of drug-likeness (QED) is 0.645. The zero-order valence-electron chi connectivity index (χ0n) is 11.6. The van der Waals surface area contributed by atoms with Crippen LogP contribution in [0.1, 0.15) is 35.2 Å². The van der Waals surface area contributed by atoms with Crippen molar-refractivity contribution in [3.8, 4) is 0 Å². The number of ether oxygens (including phenoxy) is 1. The van der Waals surface area contributed by atoms with E-state index in [-0.39, 0.29) is 11.4 Å². The maximum atomic E-state index is 11.4. The number of carboxylic acids is 1. The zero-order chi connectivity index (χ0) is 14.8. The number of hydrogen-bond acceptors (Lipinski definition) is 4. The molecule has 0 aromatic heterocycles. The molecule has 0 amide bonds. The normalized spacial score (nSPS) is 15.7. The van der Waals surface area contributed by atoms with Crippen LogP contribution in [0.5, 0.6) is 0 Å². The third-order valence-corrected chi connectivity index (χ3v) is 5.02. The lowest BCUT2D eigenvalue weighted by Crippen LogP contribution is -2.13. The number of carboxylic acid groups (broad SMARTS) is 1. The van der Waals surface area contributed by atoms with Crippen molar-refractivity contribution in [1.82, 2.24) is 0 Å². The summed E-state index contributed by atoms with van der Waals surface area (Å²) < 4.78 is 4.73. The van der Waals surface area contributed by atoms with Gasteiger partial charge in [0.25, 0.3) is 0 Å². The average molecular weight is 294 g/mol. The molecule has 108 valence electrons. The molecule has 1 aromatic rings. The van der Waals surface area contributed by atoms with Gasteiger partial charge in [-0.15, -0.1) is 11.8 Å². The molecule has 0 saturated heterocycles. The second-order valence-corrected chi connectivity index (χ2v) is 6.37. The molecule has 4 nitrogen and oxygen atoms in total. The molecule has 1 saturated carbocycles. The minimum Gasteiger partial charge on any atom is -0.478 e. The topological polar surface area (TPSA) is 63.6 Å². The molecule has 0 atom stereocenters. The highest BCUT2D eigenvalue weighted by Gasteiger charge is 2.44. The van der Waals surface area contributed by atoms with Crippen molar-refractivity contribution >= 4 is 23.7 Å². The number of benzene rings is 1. The predicted molar refractivity (Wildman–Crippen MR) is 77.2 cm³/mol. The first-order chi connectivity index (χ1) is 9.46. The van der Waals surface area contributed by atoms with Gasteiger partial charge in [-0.2, -0.15) is 0 Å². The van der Waals surface area contributed by atoms with Crippen LogP contribution in [0, 0.1) is 12.3 Å². The van der Waals surface area contributed by atoms with E-state index in [0.717, 1.165) is 29.1 Å². The van der Waals surface area contributed by atoms with E-state index in [0.29, 0.717) is 12.0 Å². The van der Waals surface area contributed by atoms with Crippen molar-refractivity contribution in [2.24, 2.45) is 5.41 Å². The number of thioether (sulfide) groups is 1. The first-order valence-corrected chi connectivity index (χ1v) is 7.48. The SMILES string of the molecule is COC(=O)CC1(CSc2ccc(C(=O)O)c(C)c2)CC1. The number of methoxy groups -OCH3 is 1. The molecule has 1 aromatic carbocycles. The fourth-order valence-corrected chi connectivity index (χ4v) is 3.42. The van der Waals surface area contributed by atoms with Crippen molar-refractivity contribution in [2.45, 2.75) is 31.1 Å². The van der Waals surface area contributed by atoms with E-state index in [1.165, 1.54) is 7.11 Å². The number of aromatic carboxylic acids is 1. The first kappa shape index (κ1) is 14.9. The number of hydrogen-bond donors (Lipinski definition) is 1. The Kier molecular flexibility index (Phi) is 4.38. The molecule has 5 heteroatoms. The van der Waals surface area contributed by atoms with Gasteiger partial charge in [-0.25, -0.2) is 4.79 Å². The maximum absolute atomic E-state index is 11.4. The van der Waals surface area contributed by atoms with E-state index in [9.17, 15) is 9.59 Å². The van der Waals surface area contributed by atoms with Gasteiger partial charge in [0.2, 0.25) is 0 Å². The Morgan fingerprint density at radius 2 is 2.10 bits per heavy atom. The maximum Gasteiger partial charge on any atom is 0.335 e. The largest absolute Gasteiger partial charge is 0.478 e. The third kappa shape index (κ3) is 3.54. The monoisotopic (exact) mass is 294 g/mol. The van der Waals surface area contributed by atoms with Crippen molar-refractivity contribution in [3.05, 3.63) is 29.3 Å². The van der Waals surface area contributed by atoms with Crippen molar-refractivity contribution < 1.29 is 19.4 Å². The summed E-state index contributed by atoms with van der Waals surface area (Å²) in [7, 11) is 1.42. The van der Waals surface area contributed by atoms with E-state index in [1.807, 2.05) is 12.1 Å². The zero-order valence-corrected chi connectivity index (χ0v) is 12.5. The number of rotatable bonds is 6. The van der Waals surface area contributed by atoms with E-state index < -0.39 is 5.97 Å². The summed E-state index contributed by atoms with van der Waals surface area (Å²) in [6, 6.07) is 5.36. The minimum absolute atomic E-state index is 0.0805. The van der Waals surface area contributed by atoms with Gasteiger partial charge in [-0.05, 0) is 48.9 Å². The lowest BCUT2D eigenvalue weighted by atomic mass is 10.1. The second-order valence-electron chi connectivity index (χ2n) is 5.32. The number of carbonyl (C=O) groups excluding carboxylic acids is 1. The van der Waals surface area contributed by atoms with Gasteiger partial charge in [-0.3, -0.25) is 4.79 Å². The van der Waals surface area contributed by atoms with Gasteiger partial charge in [0, 0.05) is 10.6 Å². The van der Waals surface area contributed by atoms with E-state index >= 15 is 0 Å². The molecule has 1 N–H and O–H groups in total. The van der Waals surface area contributed by atoms with Crippen LogP contribution in [0.15, 0.2) is 23.1 Å². The van der Waals surface area contributed by atoms with E-state index in [1.54, 1.807) is 24.8 Å². The van der Waals surface area contributed by atoms with Gasteiger partial charge in [0.1, 0.15) is 0 Å². The molecule has 2 rings (SSSR count). The van der Waals surface area contributed by atoms with Gasteiger partial charge in [0.05, 0.1) is 19.1 Å². The van der Waals surface area contributed by atoms with E-state index in [4.69, 9.17) is 9.84 Å². The minimum atomic E-state index is -0.900. The number of aryl methyl sites for hydroxylation is 1. The van der Waals surface area contributed by atoms with Crippen molar-refractivity contribution in [3.63, 3.8) is 0 Å². The highest BCUT2D eigenvalue weighted by Crippen LogP contribution is 2.52. The Labute approximate surface area is 122 Å². The van der Waals surface area contributed by atoms with Crippen LogP contribution < -0.4 is 0 Å². The molecule has 0 heterocycles. The molecule has 1 aliphatic carbocycles. The van der Waals surface area contributed by atoms with Crippen LogP contribution in [-0.2, 0) is 9.53 Å². The summed E-state index contributed by atoms with van der Waals surface area (Å²) >= 11 is 1.68. The standard InChI is InChI=1S/C15H18O4S/c1-10-7-11(3-4-12(10)14(17)18)20-9-15(5-6-15)8-13(16)19-2/h3-4,7H,5-6,8-9H2,1-2H3,(H,17,18). The molecule has 0 aliphatic heterocycles. The summed E-state index contributed by atoms with van der Waals surface area (Å²) in [4.78, 5) is 23.4. The molecule has 1 fully saturated rings. The van der Waals surface area contributed by atoms with Gasteiger partial charge < -0.3 is 9.84 Å². The van der Waals surface area contributed by atoms with E-state index in [2.05, 4.69) is 0 Å². The van der Waals surface area contributed by atoms with Crippen LogP contribution in [0.4, 0.5) is 0 Å². The van der Waals surface area contributed by atoms with Crippen LogP contribution >= 0.6 is 11.8 Å². The molecule has 0 radical (unpaired) electrons. The summed E-state index contributed by atoms with van der Waals surface area (Å²) in [5.74, 6) is -0.183. The number of carbonyl (C=O) groups is 2. The summed E-state index contributed by atoms with van der Waals surface area (Å²) in [5.41, 5.74) is 1.18. The molecule has 20 heavy (non-hydrogen) atoms. The fourth-order valence-electron chi connectivity index (χ4n) is 2.13. The Morgan fingerprint density at radius 3 is 2.60 bits per heavy atom. The molecular weight excluding hydrogens is 276 g/mol. The molecule has 0 bridgehead atoms. The third-order valence-electron chi connectivity index (χ3n) is 3.68. The smallest absolute Gasteiger partial charge is 0.335 e. The lowest BCUT2D eigenvalue weighted by Gasteiger charge is -2.13. The van der Waals surface area contributed by atoms with Crippen molar-refractivity contribution in [2.75, 3.05) is 12.9 Å². The Balaban J connectivity index is 1.96. The highest BCUT2D eigenvalue weighted by molar-refractivity contribution is 7.99. The van der Waals surface area contributed by atoms with Gasteiger partial charge >= 0.3 is 11.9 Å². The second kappa shape index (κ2) is 5.87. The highest BCUT2D eigenvalue weighted by atomic mass is 32.2. The van der Waals surface area contributed by atoms with Crippen LogP contribution in [0.2, 0.25) is 0 Å². The van der Waals surface area contributed by atoms with Crippen molar-refractivity contribution in [1.29, 1.82) is 0 Å². The Morgan fingerprint density at radius 1 is 1.40 bits per heavy atom. The van der Waals surface area contributed by atoms with Crippen LogP contribution in [0.3, 0.4) is 0 Å². The molecule has 1 aliphatic rings. The average Bonchev–Trinajstić information content (AvgIpc) is 3.16. The summed E-state index contributed by atoms with van der Waals surface area (Å²) in [6.07, 6.45) is 2.59. The fraction of sp³-hybridized carbons (Fsp3) is 0.467. The molecular formula is C15H18O4S. The summed E-state index contributed by atoms with van der Waals surface area (Å²) in [6.45, 7) is 1.80. The molecule has 0 spiro atoms. The lowest BCUT2D eigenvalue weighted by molar-refractivity contribution is -0.141. The Hall–Kier alpha value is -1.49. The summed E-state index contributed by atoms with van der Waals surface area (Å²) in [5, 5.41) is 8.99. The first-order valence-electron chi connectivity index (χ1n) is 6.49. The molecule has 0 unspecified atom stereocenters. The van der Waals surface area contributed by atoms with Crippen LogP contribution in [0.25, 0.3) is 0 Å². The van der Waals surface area contributed by atoms with Gasteiger partial charge in [0.15, 0.2) is 0 Å². The van der Waals surface area contributed by atoms with Crippen LogP contribution in [-0.4, -0.2) is 29.9 Å². The number of esters is 1. The Bertz CT molecular complexity index is 535. The predicted octanol–water partition coefficient (Wildman–Crippen LogP) is 3.13.